The van der Waals surface area contributed by atoms with Gasteiger partial charge in [0.1, 0.15) is 23.3 Å². The largest absolute Gasteiger partial charge is 0.382 e. The minimum Gasteiger partial charge on any atom is -0.382 e. The number of hydrogen-bond acceptors (Lipinski definition) is 5. The van der Waals surface area contributed by atoms with Crippen LogP contribution in [0, 0.1) is 11.3 Å². The smallest absolute Gasteiger partial charge is 0.145 e. The van der Waals surface area contributed by atoms with Crippen molar-refractivity contribution in [1.29, 1.82) is 5.26 Å². The van der Waals surface area contributed by atoms with Crippen molar-refractivity contribution in [3.63, 3.8) is 0 Å². The zero-order valence-electron chi connectivity index (χ0n) is 9.02. The van der Waals surface area contributed by atoms with Crippen LogP contribution in [-0.2, 0) is 11.2 Å². The molecule has 5 nitrogen and oxygen atoms in total. The maximum absolute atomic E-state index is 8.70. The number of nitrogens with zero attached hydrogens (tertiary/aromatic N) is 3. The Balaban J connectivity index is 2.04. The van der Waals surface area contributed by atoms with Crippen molar-refractivity contribution >= 4 is 5.82 Å². The highest BCUT2D eigenvalue weighted by Crippen LogP contribution is 2.16. The summed E-state index contributed by atoms with van der Waals surface area (Å²) >= 11 is 0. The molecule has 2 rings (SSSR count). The van der Waals surface area contributed by atoms with Crippen LogP contribution in [0.4, 0.5) is 5.82 Å². The van der Waals surface area contributed by atoms with E-state index in [1.165, 1.54) is 12.6 Å². The van der Waals surface area contributed by atoms with Gasteiger partial charge in [-0.2, -0.15) is 5.26 Å². The van der Waals surface area contributed by atoms with Gasteiger partial charge < -0.3 is 10.5 Å². The lowest BCUT2D eigenvalue weighted by Crippen LogP contribution is -2.22. The van der Waals surface area contributed by atoms with E-state index in [1.54, 1.807) is 0 Å². The number of nitriles is 1. The van der Waals surface area contributed by atoms with Gasteiger partial charge in [0.15, 0.2) is 0 Å². The maximum atomic E-state index is 8.70. The number of nitrogen functional groups attached to an aromatic ring is 1. The van der Waals surface area contributed by atoms with Crippen molar-refractivity contribution < 1.29 is 4.74 Å². The summed E-state index contributed by atoms with van der Waals surface area (Å²) in [7, 11) is 0. The van der Waals surface area contributed by atoms with Crippen LogP contribution >= 0.6 is 0 Å². The highest BCUT2D eigenvalue weighted by Gasteiger charge is 2.16. The van der Waals surface area contributed by atoms with Crippen LogP contribution < -0.4 is 5.73 Å². The Bertz CT molecular complexity index is 407. The van der Waals surface area contributed by atoms with Crippen molar-refractivity contribution in [3.05, 3.63) is 17.6 Å². The molecule has 0 amide bonds. The van der Waals surface area contributed by atoms with Crippen LogP contribution in [0.2, 0.25) is 0 Å². The monoisotopic (exact) mass is 218 g/mol. The molecule has 1 saturated heterocycles. The molecule has 1 fully saturated rings. The van der Waals surface area contributed by atoms with E-state index in [0.717, 1.165) is 19.4 Å². The summed E-state index contributed by atoms with van der Waals surface area (Å²) in [4.78, 5) is 8.21. The third-order valence-electron chi connectivity index (χ3n) is 2.67. The second-order valence-corrected chi connectivity index (χ2v) is 3.89. The van der Waals surface area contributed by atoms with Gasteiger partial charge in [-0.25, -0.2) is 9.97 Å². The van der Waals surface area contributed by atoms with Gasteiger partial charge in [0.2, 0.25) is 0 Å². The Morgan fingerprint density at radius 1 is 1.56 bits per heavy atom. The number of anilines is 1. The first-order valence-electron chi connectivity index (χ1n) is 5.42. The maximum Gasteiger partial charge on any atom is 0.145 e. The summed E-state index contributed by atoms with van der Waals surface area (Å²) < 4.78 is 5.59. The quantitative estimate of drug-likeness (QED) is 0.801. The fourth-order valence-electron chi connectivity index (χ4n) is 1.79. The second-order valence-electron chi connectivity index (χ2n) is 3.89. The van der Waals surface area contributed by atoms with Gasteiger partial charge in [0.05, 0.1) is 12.3 Å². The van der Waals surface area contributed by atoms with Gasteiger partial charge in [-0.3, -0.25) is 0 Å². The summed E-state index contributed by atoms with van der Waals surface area (Å²) in [6, 6.07) is 1.94. The van der Waals surface area contributed by atoms with Gasteiger partial charge in [-0.15, -0.1) is 0 Å². The van der Waals surface area contributed by atoms with Gasteiger partial charge in [0, 0.05) is 13.0 Å². The molecule has 0 aliphatic carbocycles. The van der Waals surface area contributed by atoms with E-state index < -0.39 is 0 Å². The summed E-state index contributed by atoms with van der Waals surface area (Å²) in [6.07, 6.45) is 5.71. The molecular formula is C11H14N4O. The molecule has 0 spiro atoms. The predicted octanol–water partition coefficient (Wildman–Crippen LogP) is 1.04. The Hall–Kier alpha value is -1.67. The lowest BCUT2D eigenvalue weighted by molar-refractivity contribution is 0.0156. The van der Waals surface area contributed by atoms with Crippen LogP contribution in [0.1, 0.15) is 30.7 Å². The normalized spacial score (nSPS) is 20.3. The van der Waals surface area contributed by atoms with E-state index >= 15 is 0 Å². The van der Waals surface area contributed by atoms with Crippen molar-refractivity contribution in [2.24, 2.45) is 0 Å². The van der Waals surface area contributed by atoms with Crippen molar-refractivity contribution in [2.45, 2.75) is 31.8 Å². The first-order chi connectivity index (χ1) is 7.79. The summed E-state index contributed by atoms with van der Waals surface area (Å²) in [5, 5.41) is 8.70. The highest BCUT2D eigenvalue weighted by molar-refractivity contribution is 5.46. The molecular weight excluding hydrogens is 204 g/mol. The van der Waals surface area contributed by atoms with Crippen LogP contribution in [-0.4, -0.2) is 22.7 Å². The molecule has 2 N–H and O–H groups in total. The Morgan fingerprint density at radius 3 is 3.06 bits per heavy atom. The molecule has 2 heterocycles. The van der Waals surface area contributed by atoms with E-state index in [4.69, 9.17) is 15.7 Å². The molecule has 0 radical (unpaired) electrons. The SMILES string of the molecule is N#Cc1cnc(CC2CCCCO2)nc1N. The number of nitrogens with two attached hydrogens (primary N) is 1. The summed E-state index contributed by atoms with van der Waals surface area (Å²) in [5.74, 6) is 0.909. The predicted molar refractivity (Wildman–Crippen MR) is 58.5 cm³/mol. The standard InChI is InChI=1S/C11H14N4O/c12-6-8-7-14-10(15-11(8)13)5-9-3-1-2-4-16-9/h7,9H,1-5H2,(H2,13,14,15). The Morgan fingerprint density at radius 2 is 2.44 bits per heavy atom. The second kappa shape index (κ2) is 4.90. The van der Waals surface area contributed by atoms with E-state index in [1.807, 2.05) is 6.07 Å². The molecule has 16 heavy (non-hydrogen) atoms. The molecule has 0 bridgehead atoms. The van der Waals surface area contributed by atoms with Gasteiger partial charge in [-0.05, 0) is 19.3 Å². The fraction of sp³-hybridized carbons (Fsp3) is 0.545. The van der Waals surface area contributed by atoms with E-state index in [9.17, 15) is 0 Å². The Kier molecular flexibility index (Phi) is 3.32. The van der Waals surface area contributed by atoms with Crippen LogP contribution in [0.15, 0.2) is 6.20 Å². The molecule has 1 aromatic heterocycles. The van der Waals surface area contributed by atoms with Crippen LogP contribution in [0.25, 0.3) is 0 Å². The molecule has 0 aromatic carbocycles. The molecule has 84 valence electrons. The summed E-state index contributed by atoms with van der Waals surface area (Å²) in [5.41, 5.74) is 5.95. The fourth-order valence-corrected chi connectivity index (χ4v) is 1.79. The molecule has 1 aromatic rings. The minimum absolute atomic E-state index is 0.195. The van der Waals surface area contributed by atoms with E-state index in [0.29, 0.717) is 17.8 Å². The third kappa shape index (κ3) is 2.47. The number of aromatic nitrogens is 2. The van der Waals surface area contributed by atoms with Crippen molar-refractivity contribution in [1.82, 2.24) is 9.97 Å². The van der Waals surface area contributed by atoms with E-state index in [-0.39, 0.29) is 11.9 Å². The van der Waals surface area contributed by atoms with Crippen LogP contribution in [0.5, 0.6) is 0 Å². The van der Waals surface area contributed by atoms with Crippen LogP contribution in [0.3, 0.4) is 0 Å². The number of rotatable bonds is 2. The topological polar surface area (TPSA) is 84.8 Å². The molecule has 0 saturated carbocycles. The average Bonchev–Trinajstić information content (AvgIpc) is 2.31. The summed E-state index contributed by atoms with van der Waals surface area (Å²) in [6.45, 7) is 0.816. The molecule has 1 aliphatic heterocycles. The number of ether oxygens (including phenoxy) is 1. The molecule has 1 unspecified atom stereocenters. The highest BCUT2D eigenvalue weighted by atomic mass is 16.5. The zero-order valence-corrected chi connectivity index (χ0v) is 9.02. The minimum atomic E-state index is 0.195. The molecule has 5 heteroatoms. The number of hydrogen-bond donors (Lipinski definition) is 1. The van der Waals surface area contributed by atoms with Gasteiger partial charge in [0.25, 0.3) is 0 Å². The first kappa shape index (κ1) is 10.8. The molecule has 1 aliphatic rings. The molecule has 1 atom stereocenters. The van der Waals surface area contributed by atoms with Gasteiger partial charge >= 0.3 is 0 Å². The van der Waals surface area contributed by atoms with Crippen molar-refractivity contribution in [3.8, 4) is 6.07 Å². The van der Waals surface area contributed by atoms with Gasteiger partial charge in [-0.1, -0.05) is 0 Å². The lowest BCUT2D eigenvalue weighted by atomic mass is 10.1. The average molecular weight is 218 g/mol. The van der Waals surface area contributed by atoms with Crippen molar-refractivity contribution in [2.75, 3.05) is 12.3 Å². The zero-order chi connectivity index (χ0) is 11.4. The lowest BCUT2D eigenvalue weighted by Gasteiger charge is -2.21. The third-order valence-corrected chi connectivity index (χ3v) is 2.67. The first-order valence-corrected chi connectivity index (χ1v) is 5.42. The Labute approximate surface area is 94.3 Å². The van der Waals surface area contributed by atoms with E-state index in [2.05, 4.69) is 9.97 Å².